The zero-order chi connectivity index (χ0) is 26.3. The number of nitrogens with zero attached hydrogens (tertiary/aromatic N) is 2. The van der Waals surface area contributed by atoms with Crippen molar-refractivity contribution in [1.82, 2.24) is 9.55 Å². The van der Waals surface area contributed by atoms with Gasteiger partial charge >= 0.3 is 6.18 Å². The van der Waals surface area contributed by atoms with E-state index >= 15 is 0 Å². The molecular formula is C25H18Cl2F3N3O2S2. The van der Waals surface area contributed by atoms with Gasteiger partial charge < -0.3 is 5.32 Å². The van der Waals surface area contributed by atoms with Gasteiger partial charge in [0.1, 0.15) is 4.83 Å². The first kappa shape index (κ1) is 26.1. The maximum absolute atomic E-state index is 13.7. The number of nitrogens with one attached hydrogen (secondary N) is 1. The van der Waals surface area contributed by atoms with Gasteiger partial charge in [0.2, 0.25) is 5.91 Å². The highest BCUT2D eigenvalue weighted by molar-refractivity contribution is 7.99. The fourth-order valence-electron chi connectivity index (χ4n) is 4.21. The van der Waals surface area contributed by atoms with Crippen LogP contribution in [0, 0.1) is 0 Å². The molecule has 0 atom stereocenters. The molecule has 192 valence electrons. The lowest BCUT2D eigenvalue weighted by molar-refractivity contribution is -0.137. The fraction of sp³-hybridized carbons (Fsp3) is 0.240. The minimum absolute atomic E-state index is 0.0202. The summed E-state index contributed by atoms with van der Waals surface area (Å²) in [4.78, 5) is 33.0. The number of hydrogen-bond acceptors (Lipinski definition) is 5. The third-order valence-corrected chi connectivity index (χ3v) is 8.65. The van der Waals surface area contributed by atoms with Crippen LogP contribution in [0.15, 0.2) is 52.4 Å². The highest BCUT2D eigenvalue weighted by Crippen LogP contribution is 2.36. The molecule has 0 unspecified atom stereocenters. The van der Waals surface area contributed by atoms with Crippen LogP contribution in [0.3, 0.4) is 0 Å². The van der Waals surface area contributed by atoms with Crippen molar-refractivity contribution in [3.63, 3.8) is 0 Å². The van der Waals surface area contributed by atoms with E-state index in [-0.39, 0.29) is 22.0 Å². The van der Waals surface area contributed by atoms with Crippen LogP contribution in [0.4, 0.5) is 18.9 Å². The smallest absolute Gasteiger partial charge is 0.324 e. The first-order valence-electron chi connectivity index (χ1n) is 11.2. The normalized spacial score (nSPS) is 13.5. The Kier molecular flexibility index (Phi) is 7.28. The number of anilines is 1. The van der Waals surface area contributed by atoms with E-state index in [4.69, 9.17) is 28.2 Å². The SMILES string of the molecule is O=C(CSc1nc2sc3c(c2c(=O)n1-c1ccc(Cl)cc1)CCCC3)Nc1cc(C(F)(F)F)ccc1Cl. The molecule has 1 aliphatic carbocycles. The molecule has 2 heterocycles. The number of thioether (sulfide) groups is 1. The van der Waals surface area contributed by atoms with E-state index < -0.39 is 17.6 Å². The third kappa shape index (κ3) is 5.38. The number of aryl methyl sites for hydroxylation is 2. The van der Waals surface area contributed by atoms with Crippen LogP contribution in [0.1, 0.15) is 28.8 Å². The highest BCUT2D eigenvalue weighted by Gasteiger charge is 2.31. The fourth-order valence-corrected chi connectivity index (χ4v) is 6.62. The molecule has 2 aromatic heterocycles. The molecule has 5 nitrogen and oxygen atoms in total. The monoisotopic (exact) mass is 583 g/mol. The molecule has 1 amide bonds. The Morgan fingerprint density at radius 1 is 1.11 bits per heavy atom. The Labute approximate surface area is 227 Å². The molecule has 0 aliphatic heterocycles. The van der Waals surface area contributed by atoms with Crippen molar-refractivity contribution < 1.29 is 18.0 Å². The summed E-state index contributed by atoms with van der Waals surface area (Å²) < 4.78 is 40.7. The van der Waals surface area contributed by atoms with E-state index in [2.05, 4.69) is 5.32 Å². The quantitative estimate of drug-likeness (QED) is 0.196. The van der Waals surface area contributed by atoms with Crippen LogP contribution in [0.25, 0.3) is 15.9 Å². The number of aromatic nitrogens is 2. The third-order valence-electron chi connectivity index (χ3n) is 5.94. The minimum Gasteiger partial charge on any atom is -0.324 e. The summed E-state index contributed by atoms with van der Waals surface area (Å²) in [6.45, 7) is 0. The Bertz CT molecular complexity index is 1570. The van der Waals surface area contributed by atoms with Crippen molar-refractivity contribution in [2.45, 2.75) is 37.0 Å². The van der Waals surface area contributed by atoms with Crippen LogP contribution in [0.2, 0.25) is 10.0 Å². The summed E-state index contributed by atoms with van der Waals surface area (Å²) in [5.41, 5.74) is 0.288. The second kappa shape index (κ2) is 10.3. The first-order valence-corrected chi connectivity index (χ1v) is 13.8. The number of carbonyl (C=O) groups is 1. The van der Waals surface area contributed by atoms with E-state index in [9.17, 15) is 22.8 Å². The van der Waals surface area contributed by atoms with E-state index in [0.29, 0.717) is 26.1 Å². The van der Waals surface area contributed by atoms with Gasteiger partial charge in [-0.3, -0.25) is 14.2 Å². The van der Waals surface area contributed by atoms with Crippen molar-refractivity contribution in [3.8, 4) is 5.69 Å². The van der Waals surface area contributed by atoms with Crippen molar-refractivity contribution in [2.75, 3.05) is 11.1 Å². The van der Waals surface area contributed by atoms with Gasteiger partial charge in [-0.15, -0.1) is 11.3 Å². The average Bonchev–Trinajstić information content (AvgIpc) is 3.23. The average molecular weight is 584 g/mol. The Morgan fingerprint density at radius 3 is 2.57 bits per heavy atom. The molecule has 0 bridgehead atoms. The van der Waals surface area contributed by atoms with Crippen LogP contribution < -0.4 is 10.9 Å². The number of carbonyl (C=O) groups excluding carboxylic acids is 1. The molecule has 2 aromatic carbocycles. The summed E-state index contributed by atoms with van der Waals surface area (Å²) in [6, 6.07) is 9.43. The molecule has 1 aliphatic rings. The van der Waals surface area contributed by atoms with Crippen molar-refractivity contribution in [1.29, 1.82) is 0 Å². The van der Waals surface area contributed by atoms with Gasteiger partial charge in [0.25, 0.3) is 5.56 Å². The van der Waals surface area contributed by atoms with Gasteiger partial charge in [0.15, 0.2) is 5.16 Å². The number of alkyl halides is 3. The van der Waals surface area contributed by atoms with Crippen LogP contribution in [-0.4, -0.2) is 21.2 Å². The summed E-state index contributed by atoms with van der Waals surface area (Å²) in [5.74, 6) is -0.794. The molecular weight excluding hydrogens is 566 g/mol. The van der Waals surface area contributed by atoms with Gasteiger partial charge in [0.05, 0.1) is 33.1 Å². The predicted molar refractivity (Wildman–Crippen MR) is 143 cm³/mol. The van der Waals surface area contributed by atoms with Crippen molar-refractivity contribution in [2.24, 2.45) is 0 Å². The number of rotatable bonds is 5. The Hall–Kier alpha value is -2.53. The molecule has 1 N–H and O–H groups in total. The number of benzene rings is 2. The lowest BCUT2D eigenvalue weighted by Crippen LogP contribution is -2.23. The highest BCUT2D eigenvalue weighted by atomic mass is 35.5. The first-order chi connectivity index (χ1) is 17.6. The van der Waals surface area contributed by atoms with Crippen molar-refractivity contribution >= 4 is 68.1 Å². The number of amides is 1. The number of halogens is 5. The topological polar surface area (TPSA) is 64.0 Å². The van der Waals surface area contributed by atoms with Crippen LogP contribution >= 0.6 is 46.3 Å². The molecule has 0 spiro atoms. The molecule has 5 rings (SSSR count). The Morgan fingerprint density at radius 2 is 1.84 bits per heavy atom. The number of hydrogen-bond donors (Lipinski definition) is 1. The zero-order valence-electron chi connectivity index (χ0n) is 19.0. The molecule has 37 heavy (non-hydrogen) atoms. The molecule has 12 heteroatoms. The van der Waals surface area contributed by atoms with E-state index in [1.165, 1.54) is 15.9 Å². The maximum Gasteiger partial charge on any atom is 0.416 e. The molecule has 0 radical (unpaired) electrons. The predicted octanol–water partition coefficient (Wildman–Crippen LogP) is 7.38. The Balaban J connectivity index is 1.48. The maximum atomic E-state index is 13.7. The minimum atomic E-state index is -4.58. The number of thiophene rings is 1. The van der Waals surface area contributed by atoms with Gasteiger partial charge in [-0.1, -0.05) is 35.0 Å². The van der Waals surface area contributed by atoms with Gasteiger partial charge in [-0.2, -0.15) is 13.2 Å². The summed E-state index contributed by atoms with van der Waals surface area (Å²) in [5, 5.41) is 3.81. The molecule has 0 saturated carbocycles. The summed E-state index contributed by atoms with van der Waals surface area (Å²) >= 11 is 14.6. The van der Waals surface area contributed by atoms with Crippen molar-refractivity contribution in [3.05, 3.63) is 78.9 Å². The number of fused-ring (bicyclic) bond motifs is 3. The summed E-state index contributed by atoms with van der Waals surface area (Å²) in [7, 11) is 0. The van der Waals surface area contributed by atoms with Gasteiger partial charge in [-0.05, 0) is 73.7 Å². The van der Waals surface area contributed by atoms with Crippen LogP contribution in [-0.2, 0) is 23.8 Å². The standard InChI is InChI=1S/C25H18Cl2F3N3O2S2/c26-14-6-8-15(9-7-14)33-23(35)21-16-3-1-2-4-19(16)37-22(21)32-24(33)36-12-20(34)31-18-11-13(25(28,29)30)5-10-17(18)27/h5-11H,1-4,12H2,(H,31,34). The van der Waals surface area contributed by atoms with E-state index in [0.717, 1.165) is 66.1 Å². The second-order valence-corrected chi connectivity index (χ2v) is 11.3. The molecule has 4 aromatic rings. The van der Waals surface area contributed by atoms with E-state index in [1.54, 1.807) is 24.3 Å². The summed E-state index contributed by atoms with van der Waals surface area (Å²) in [6.07, 6.45) is -0.787. The zero-order valence-corrected chi connectivity index (χ0v) is 22.1. The molecule has 0 saturated heterocycles. The van der Waals surface area contributed by atoms with Gasteiger partial charge in [0, 0.05) is 9.90 Å². The van der Waals surface area contributed by atoms with E-state index in [1.807, 2.05) is 0 Å². The molecule has 0 fully saturated rings. The lowest BCUT2D eigenvalue weighted by Gasteiger charge is -2.14. The lowest BCUT2D eigenvalue weighted by atomic mass is 9.97. The van der Waals surface area contributed by atoms with Crippen LogP contribution in [0.5, 0.6) is 0 Å². The van der Waals surface area contributed by atoms with Gasteiger partial charge in [-0.25, -0.2) is 4.98 Å². The second-order valence-electron chi connectivity index (χ2n) is 8.43. The largest absolute Gasteiger partial charge is 0.416 e.